The highest BCUT2D eigenvalue weighted by Gasteiger charge is 2.18. The fourth-order valence-electron chi connectivity index (χ4n) is 2.59. The van der Waals surface area contributed by atoms with Gasteiger partial charge in [-0.3, -0.25) is 4.79 Å². The van der Waals surface area contributed by atoms with Gasteiger partial charge in [0.2, 0.25) is 0 Å². The van der Waals surface area contributed by atoms with Crippen molar-refractivity contribution in [3.8, 4) is 0 Å². The first-order valence-corrected chi connectivity index (χ1v) is 7.99. The Morgan fingerprint density at radius 1 is 1.13 bits per heavy atom. The third kappa shape index (κ3) is 3.79. The van der Waals surface area contributed by atoms with Gasteiger partial charge in [0.25, 0.3) is 5.91 Å². The number of rotatable bonds is 3. The maximum absolute atomic E-state index is 13.1. The summed E-state index contributed by atoms with van der Waals surface area (Å²) in [7, 11) is 0. The summed E-state index contributed by atoms with van der Waals surface area (Å²) in [6.45, 7) is 1.60. The molecule has 1 fully saturated rings. The van der Waals surface area contributed by atoms with Gasteiger partial charge < -0.3 is 10.2 Å². The number of aromatic nitrogens is 1. The molecule has 2 heterocycles. The molecule has 3 rings (SSSR count). The number of carbonyl (C=O) groups is 1. The van der Waals surface area contributed by atoms with E-state index >= 15 is 0 Å². The van der Waals surface area contributed by atoms with Crippen molar-refractivity contribution in [1.82, 2.24) is 9.88 Å². The molecule has 120 valence electrons. The van der Waals surface area contributed by atoms with Crippen molar-refractivity contribution in [2.24, 2.45) is 0 Å². The Labute approximate surface area is 139 Å². The average Bonchev–Trinajstić information content (AvgIpc) is 2.59. The molecule has 6 heteroatoms. The predicted octanol–water partition coefficient (Wildman–Crippen LogP) is 4.24. The number of nitrogens with zero attached hydrogens (tertiary/aromatic N) is 2. The van der Waals surface area contributed by atoms with Gasteiger partial charge in [-0.1, -0.05) is 11.6 Å². The topological polar surface area (TPSA) is 45.2 Å². The minimum absolute atomic E-state index is 0.0268. The highest BCUT2D eigenvalue weighted by molar-refractivity contribution is 6.31. The fourth-order valence-corrected chi connectivity index (χ4v) is 2.77. The minimum atomic E-state index is -0.460. The molecule has 4 nitrogen and oxygen atoms in total. The van der Waals surface area contributed by atoms with E-state index in [4.69, 9.17) is 11.6 Å². The first kappa shape index (κ1) is 15.7. The quantitative estimate of drug-likeness (QED) is 0.913. The summed E-state index contributed by atoms with van der Waals surface area (Å²) < 4.78 is 13.1. The van der Waals surface area contributed by atoms with Crippen LogP contribution in [0.4, 0.5) is 15.8 Å². The Kier molecular flexibility index (Phi) is 4.76. The van der Waals surface area contributed by atoms with Crippen LogP contribution in [0.3, 0.4) is 0 Å². The number of amides is 1. The SMILES string of the molecule is O=C(c1ccc(Nc2ccc(F)c(Cl)c2)cn1)N1CCCCC1. The van der Waals surface area contributed by atoms with Crippen LogP contribution in [0.1, 0.15) is 29.8 Å². The van der Waals surface area contributed by atoms with Gasteiger partial charge in [-0.25, -0.2) is 9.37 Å². The first-order valence-electron chi connectivity index (χ1n) is 7.61. The fraction of sp³-hybridized carbons (Fsp3) is 0.294. The van der Waals surface area contributed by atoms with Crippen molar-refractivity contribution in [2.45, 2.75) is 19.3 Å². The summed E-state index contributed by atoms with van der Waals surface area (Å²) in [5.41, 5.74) is 1.81. The van der Waals surface area contributed by atoms with E-state index < -0.39 is 5.82 Å². The number of halogens is 2. The van der Waals surface area contributed by atoms with Gasteiger partial charge in [0.05, 0.1) is 16.9 Å². The van der Waals surface area contributed by atoms with Gasteiger partial charge in [0.1, 0.15) is 11.5 Å². The lowest BCUT2D eigenvalue weighted by molar-refractivity contribution is 0.0718. The number of carbonyl (C=O) groups excluding carboxylic acids is 1. The van der Waals surface area contributed by atoms with Crippen LogP contribution in [0.25, 0.3) is 0 Å². The molecule has 1 aromatic carbocycles. The number of pyridine rings is 1. The van der Waals surface area contributed by atoms with Crippen LogP contribution in [0.5, 0.6) is 0 Å². The molecule has 1 aliphatic rings. The Bertz CT molecular complexity index is 699. The molecule has 0 unspecified atom stereocenters. The maximum Gasteiger partial charge on any atom is 0.272 e. The number of hydrogen-bond acceptors (Lipinski definition) is 3. The summed E-state index contributed by atoms with van der Waals surface area (Å²) in [5, 5.41) is 3.13. The Morgan fingerprint density at radius 3 is 2.52 bits per heavy atom. The standard InChI is InChI=1S/C17H17ClFN3O/c18-14-10-12(4-6-15(14)19)21-13-5-7-16(20-11-13)17(23)22-8-2-1-3-9-22/h4-7,10-11,21H,1-3,8-9H2. The van der Waals surface area contributed by atoms with E-state index in [9.17, 15) is 9.18 Å². The zero-order chi connectivity index (χ0) is 16.2. The van der Waals surface area contributed by atoms with Crippen LogP contribution in [0.15, 0.2) is 36.5 Å². The third-order valence-corrected chi connectivity index (χ3v) is 4.12. The molecule has 1 aliphatic heterocycles. The van der Waals surface area contributed by atoms with Crippen LogP contribution in [-0.2, 0) is 0 Å². The molecular weight excluding hydrogens is 317 g/mol. The van der Waals surface area contributed by atoms with Gasteiger partial charge in [-0.05, 0) is 49.6 Å². The van der Waals surface area contributed by atoms with E-state index in [0.29, 0.717) is 17.1 Å². The van der Waals surface area contributed by atoms with Gasteiger partial charge in [-0.2, -0.15) is 0 Å². The van der Waals surface area contributed by atoms with Crippen LogP contribution in [0, 0.1) is 5.82 Å². The lowest BCUT2D eigenvalue weighted by Crippen LogP contribution is -2.36. The molecular formula is C17H17ClFN3O. The third-order valence-electron chi connectivity index (χ3n) is 3.83. The van der Waals surface area contributed by atoms with Crippen molar-refractivity contribution in [2.75, 3.05) is 18.4 Å². The van der Waals surface area contributed by atoms with Crippen LogP contribution in [-0.4, -0.2) is 28.9 Å². The van der Waals surface area contributed by atoms with Crippen molar-refractivity contribution in [1.29, 1.82) is 0 Å². The molecule has 2 aromatic rings. The number of hydrogen-bond donors (Lipinski definition) is 1. The first-order chi connectivity index (χ1) is 11.1. The highest BCUT2D eigenvalue weighted by Crippen LogP contribution is 2.22. The largest absolute Gasteiger partial charge is 0.354 e. The van der Waals surface area contributed by atoms with E-state index in [1.54, 1.807) is 24.4 Å². The lowest BCUT2D eigenvalue weighted by Gasteiger charge is -2.26. The molecule has 0 bridgehead atoms. The van der Waals surface area contributed by atoms with Crippen molar-refractivity contribution in [3.63, 3.8) is 0 Å². The second kappa shape index (κ2) is 6.96. The number of nitrogens with one attached hydrogen (secondary N) is 1. The molecule has 1 amide bonds. The van der Waals surface area contributed by atoms with Crippen molar-refractivity contribution >= 4 is 28.9 Å². The van der Waals surface area contributed by atoms with E-state index in [2.05, 4.69) is 10.3 Å². The Morgan fingerprint density at radius 2 is 1.87 bits per heavy atom. The minimum Gasteiger partial charge on any atom is -0.354 e. The van der Waals surface area contributed by atoms with Gasteiger partial charge >= 0.3 is 0 Å². The number of anilines is 2. The maximum atomic E-state index is 13.1. The van der Waals surface area contributed by atoms with Crippen molar-refractivity contribution in [3.05, 3.63) is 53.1 Å². The van der Waals surface area contributed by atoms with Crippen LogP contribution < -0.4 is 5.32 Å². The van der Waals surface area contributed by atoms with E-state index in [1.807, 2.05) is 4.90 Å². The molecule has 1 saturated heterocycles. The smallest absolute Gasteiger partial charge is 0.272 e. The number of piperidine rings is 1. The summed E-state index contributed by atoms with van der Waals surface area (Å²) >= 11 is 5.75. The van der Waals surface area contributed by atoms with Gasteiger partial charge in [0, 0.05) is 18.8 Å². The lowest BCUT2D eigenvalue weighted by atomic mass is 10.1. The predicted molar refractivity (Wildman–Crippen MR) is 88.7 cm³/mol. The average molecular weight is 334 g/mol. The van der Waals surface area contributed by atoms with Gasteiger partial charge in [0.15, 0.2) is 0 Å². The summed E-state index contributed by atoms with van der Waals surface area (Å²) in [5.74, 6) is -0.487. The zero-order valence-electron chi connectivity index (χ0n) is 12.6. The van der Waals surface area contributed by atoms with Crippen LogP contribution >= 0.6 is 11.6 Å². The Balaban J connectivity index is 1.68. The zero-order valence-corrected chi connectivity index (χ0v) is 13.3. The molecule has 1 aromatic heterocycles. The number of benzene rings is 1. The normalized spacial score (nSPS) is 14.6. The molecule has 0 spiro atoms. The highest BCUT2D eigenvalue weighted by atomic mass is 35.5. The van der Waals surface area contributed by atoms with Crippen molar-refractivity contribution < 1.29 is 9.18 Å². The van der Waals surface area contributed by atoms with E-state index in [1.165, 1.54) is 18.6 Å². The molecule has 0 radical (unpaired) electrons. The van der Waals surface area contributed by atoms with Gasteiger partial charge in [-0.15, -0.1) is 0 Å². The molecule has 0 aliphatic carbocycles. The number of likely N-dealkylation sites (tertiary alicyclic amines) is 1. The molecule has 1 N–H and O–H groups in total. The molecule has 23 heavy (non-hydrogen) atoms. The van der Waals surface area contributed by atoms with E-state index in [0.717, 1.165) is 25.9 Å². The second-order valence-electron chi connectivity index (χ2n) is 5.54. The summed E-state index contributed by atoms with van der Waals surface area (Å²) in [4.78, 5) is 18.4. The molecule has 0 saturated carbocycles. The Hall–Kier alpha value is -2.14. The molecule has 0 atom stereocenters. The second-order valence-corrected chi connectivity index (χ2v) is 5.95. The summed E-state index contributed by atoms with van der Waals surface area (Å²) in [6, 6.07) is 7.87. The summed E-state index contributed by atoms with van der Waals surface area (Å²) in [6.07, 6.45) is 4.88. The van der Waals surface area contributed by atoms with Crippen LogP contribution in [0.2, 0.25) is 5.02 Å². The monoisotopic (exact) mass is 333 g/mol. The van der Waals surface area contributed by atoms with E-state index in [-0.39, 0.29) is 10.9 Å².